The van der Waals surface area contributed by atoms with Crippen LogP contribution in [0.3, 0.4) is 0 Å². The van der Waals surface area contributed by atoms with Gasteiger partial charge < -0.3 is 14.0 Å². The topological polar surface area (TPSA) is 70.8 Å². The number of hydrogen-bond acceptors (Lipinski definition) is 5. The van der Waals surface area contributed by atoms with Crippen LogP contribution in [0.2, 0.25) is 0 Å². The highest BCUT2D eigenvalue weighted by Gasteiger charge is 2.53. The molecular formula is C15H22BNO5. The monoisotopic (exact) mass is 307 g/mol. The second-order valence-electron chi connectivity index (χ2n) is 6.48. The van der Waals surface area contributed by atoms with Crippen molar-refractivity contribution in [2.75, 3.05) is 6.61 Å². The van der Waals surface area contributed by atoms with E-state index in [0.29, 0.717) is 12.1 Å². The van der Waals surface area contributed by atoms with Crippen molar-refractivity contribution in [1.29, 1.82) is 0 Å². The standard InChI is InChI=1S/C15H22BNO5/c1-7-20-13-11(8-10(2)9-12(13)17(18)19)16-21-14(3,4)15(5,6)22-16/h8-9H,7H2,1-6H3. The van der Waals surface area contributed by atoms with Crippen LogP contribution in [0.4, 0.5) is 5.69 Å². The molecule has 7 heteroatoms. The van der Waals surface area contributed by atoms with Crippen molar-refractivity contribution in [3.8, 4) is 5.75 Å². The molecule has 0 radical (unpaired) electrons. The number of aryl methyl sites for hydroxylation is 1. The molecule has 1 saturated heterocycles. The van der Waals surface area contributed by atoms with Crippen LogP contribution in [0.5, 0.6) is 5.75 Å². The summed E-state index contributed by atoms with van der Waals surface area (Å²) in [7, 11) is -0.690. The maximum absolute atomic E-state index is 11.3. The second kappa shape index (κ2) is 5.55. The Bertz CT molecular complexity index is 584. The van der Waals surface area contributed by atoms with Gasteiger partial charge in [-0.15, -0.1) is 0 Å². The summed E-state index contributed by atoms with van der Waals surface area (Å²) >= 11 is 0. The normalized spacial score (nSPS) is 19.3. The minimum atomic E-state index is -0.690. The Labute approximate surface area is 131 Å². The highest BCUT2D eigenvalue weighted by atomic mass is 16.7. The maximum atomic E-state index is 11.3. The highest BCUT2D eigenvalue weighted by Crippen LogP contribution is 2.38. The van der Waals surface area contributed by atoms with Gasteiger partial charge in [0.05, 0.1) is 22.7 Å². The van der Waals surface area contributed by atoms with Gasteiger partial charge in [0, 0.05) is 11.5 Å². The number of nitro groups is 1. The lowest BCUT2D eigenvalue weighted by Crippen LogP contribution is -2.41. The lowest BCUT2D eigenvalue weighted by molar-refractivity contribution is -0.385. The van der Waals surface area contributed by atoms with E-state index in [1.165, 1.54) is 6.07 Å². The lowest BCUT2D eigenvalue weighted by Gasteiger charge is -2.32. The molecule has 0 saturated carbocycles. The van der Waals surface area contributed by atoms with Gasteiger partial charge in [0.15, 0.2) is 5.75 Å². The van der Waals surface area contributed by atoms with Crippen LogP contribution >= 0.6 is 0 Å². The first-order chi connectivity index (χ1) is 10.1. The Morgan fingerprint density at radius 3 is 2.23 bits per heavy atom. The number of nitro benzene ring substituents is 1. The average Bonchev–Trinajstić information content (AvgIpc) is 2.60. The molecule has 120 valence electrons. The maximum Gasteiger partial charge on any atom is 0.498 e. The smallest absolute Gasteiger partial charge is 0.487 e. The van der Waals surface area contributed by atoms with Crippen LogP contribution in [0.15, 0.2) is 12.1 Å². The zero-order valence-corrected chi connectivity index (χ0v) is 13.9. The third-order valence-corrected chi connectivity index (χ3v) is 4.23. The number of ether oxygens (including phenoxy) is 1. The zero-order chi connectivity index (χ0) is 16.7. The Balaban J connectivity index is 2.54. The molecule has 1 heterocycles. The summed E-state index contributed by atoms with van der Waals surface area (Å²) in [5.74, 6) is 0.219. The largest absolute Gasteiger partial charge is 0.498 e. The molecule has 1 fully saturated rings. The molecule has 22 heavy (non-hydrogen) atoms. The van der Waals surface area contributed by atoms with E-state index in [-0.39, 0.29) is 11.4 Å². The van der Waals surface area contributed by atoms with Crippen molar-refractivity contribution in [2.45, 2.75) is 52.7 Å². The van der Waals surface area contributed by atoms with Crippen LogP contribution in [0, 0.1) is 17.0 Å². The van der Waals surface area contributed by atoms with Crippen molar-refractivity contribution < 1.29 is 19.0 Å². The first kappa shape index (κ1) is 16.8. The number of rotatable bonds is 4. The molecule has 0 spiro atoms. The molecule has 1 aromatic rings. The molecule has 0 unspecified atom stereocenters. The number of hydrogen-bond donors (Lipinski definition) is 0. The van der Waals surface area contributed by atoms with Crippen molar-refractivity contribution >= 4 is 18.3 Å². The van der Waals surface area contributed by atoms with E-state index in [0.717, 1.165) is 5.56 Å². The van der Waals surface area contributed by atoms with Gasteiger partial charge in [0.1, 0.15) is 0 Å². The van der Waals surface area contributed by atoms with E-state index in [1.54, 1.807) is 13.8 Å². The van der Waals surface area contributed by atoms with Crippen LogP contribution in [0.1, 0.15) is 40.2 Å². The van der Waals surface area contributed by atoms with Crippen LogP contribution in [-0.2, 0) is 9.31 Å². The SMILES string of the molecule is CCOc1c(B2OC(C)(C)C(C)(C)O2)cc(C)cc1[N+](=O)[O-]. The first-order valence-electron chi connectivity index (χ1n) is 7.36. The third kappa shape index (κ3) is 2.83. The van der Waals surface area contributed by atoms with Crippen molar-refractivity contribution in [3.63, 3.8) is 0 Å². The predicted octanol–water partition coefficient (Wildman–Crippen LogP) is 2.60. The summed E-state index contributed by atoms with van der Waals surface area (Å²) in [6.07, 6.45) is 0. The van der Waals surface area contributed by atoms with E-state index in [9.17, 15) is 10.1 Å². The van der Waals surface area contributed by atoms with Gasteiger partial charge in [0.25, 0.3) is 0 Å². The van der Waals surface area contributed by atoms with Crippen LogP contribution in [0.25, 0.3) is 0 Å². The second-order valence-corrected chi connectivity index (χ2v) is 6.48. The van der Waals surface area contributed by atoms with E-state index in [4.69, 9.17) is 14.0 Å². The van der Waals surface area contributed by atoms with Gasteiger partial charge in [0.2, 0.25) is 0 Å². The first-order valence-corrected chi connectivity index (χ1v) is 7.36. The summed E-state index contributed by atoms with van der Waals surface area (Å²) in [6.45, 7) is 11.7. The van der Waals surface area contributed by atoms with E-state index in [2.05, 4.69) is 0 Å². The number of benzene rings is 1. The van der Waals surface area contributed by atoms with Crippen molar-refractivity contribution in [1.82, 2.24) is 0 Å². The molecule has 1 aliphatic rings. The van der Waals surface area contributed by atoms with E-state index >= 15 is 0 Å². The molecule has 0 aliphatic carbocycles. The molecular weight excluding hydrogens is 285 g/mol. The van der Waals surface area contributed by atoms with Gasteiger partial charge in [-0.05, 0) is 47.1 Å². The fourth-order valence-corrected chi connectivity index (χ4v) is 2.36. The van der Waals surface area contributed by atoms with Gasteiger partial charge >= 0.3 is 12.8 Å². The Kier molecular flexibility index (Phi) is 4.23. The quantitative estimate of drug-likeness (QED) is 0.486. The third-order valence-electron chi connectivity index (χ3n) is 4.23. The van der Waals surface area contributed by atoms with Gasteiger partial charge in [-0.3, -0.25) is 10.1 Å². The predicted molar refractivity (Wildman–Crippen MR) is 84.7 cm³/mol. The summed E-state index contributed by atoms with van der Waals surface area (Å²) < 4.78 is 17.5. The summed E-state index contributed by atoms with van der Waals surface area (Å²) in [5.41, 5.74) is 0.234. The fourth-order valence-electron chi connectivity index (χ4n) is 2.36. The molecule has 0 bridgehead atoms. The zero-order valence-electron chi connectivity index (χ0n) is 13.9. The molecule has 0 N–H and O–H groups in total. The van der Waals surface area contributed by atoms with Crippen LogP contribution in [-0.4, -0.2) is 29.9 Å². The van der Waals surface area contributed by atoms with E-state index in [1.807, 2.05) is 33.8 Å². The van der Waals surface area contributed by atoms with Crippen LogP contribution < -0.4 is 10.2 Å². The number of nitrogens with zero attached hydrogens (tertiary/aromatic N) is 1. The van der Waals surface area contributed by atoms with Gasteiger partial charge in [-0.2, -0.15) is 0 Å². The Morgan fingerprint density at radius 1 is 1.23 bits per heavy atom. The highest BCUT2D eigenvalue weighted by molar-refractivity contribution is 6.63. The fraction of sp³-hybridized carbons (Fsp3) is 0.600. The summed E-state index contributed by atoms with van der Waals surface area (Å²) in [5, 5.41) is 11.3. The average molecular weight is 307 g/mol. The molecule has 0 aromatic heterocycles. The minimum absolute atomic E-state index is 0.0634. The molecule has 1 aromatic carbocycles. The van der Waals surface area contributed by atoms with Gasteiger partial charge in [-0.1, -0.05) is 6.07 Å². The molecule has 2 rings (SSSR count). The van der Waals surface area contributed by atoms with Crippen molar-refractivity contribution in [3.05, 3.63) is 27.8 Å². The van der Waals surface area contributed by atoms with Crippen molar-refractivity contribution in [2.24, 2.45) is 0 Å². The van der Waals surface area contributed by atoms with E-state index < -0.39 is 23.2 Å². The molecule has 6 nitrogen and oxygen atoms in total. The van der Waals surface area contributed by atoms with Gasteiger partial charge in [-0.25, -0.2) is 0 Å². The molecule has 0 amide bonds. The Hall–Kier alpha value is -1.60. The summed E-state index contributed by atoms with van der Waals surface area (Å²) in [6, 6.07) is 3.32. The molecule has 0 atom stereocenters. The molecule has 1 aliphatic heterocycles. The summed E-state index contributed by atoms with van der Waals surface area (Å²) in [4.78, 5) is 10.9. The Morgan fingerprint density at radius 2 is 1.77 bits per heavy atom. The minimum Gasteiger partial charge on any atom is -0.487 e. The lowest BCUT2D eigenvalue weighted by atomic mass is 9.77.